The number of hydrogen-bond donors (Lipinski definition) is 1. The van der Waals surface area contributed by atoms with Crippen LogP contribution in [-0.2, 0) is 14.3 Å². The largest absolute Gasteiger partial charge is 0.534 e. The van der Waals surface area contributed by atoms with Crippen LogP contribution in [-0.4, -0.2) is 26.6 Å². The standard InChI is InChI=1S/C11H15F3O4S/c1-10-5-4-8(6-7(10)2-3-9(10)15)18-19(16,17)11(12,13)14/h4,7,9,15H,2-3,5-6H2,1H3/t7?,9-,10-/m0/s1/i15T. The SMILES string of the molecule is [3H]O[C@H]1CCC2CC(OS(=O)(=O)C(F)(F)F)=CC[C@@]21C. The minimum absolute atomic E-state index is 0.0405. The third kappa shape index (κ3) is 2.47. The van der Waals surface area contributed by atoms with Gasteiger partial charge in [0.05, 0.1) is 6.10 Å². The second-order valence-corrected chi connectivity index (χ2v) is 6.87. The lowest BCUT2D eigenvalue weighted by Crippen LogP contribution is -2.35. The van der Waals surface area contributed by atoms with Crippen molar-refractivity contribution in [2.75, 3.05) is 0 Å². The van der Waals surface area contributed by atoms with Crippen LogP contribution in [0.25, 0.3) is 0 Å². The third-order valence-corrected chi connectivity index (χ3v) is 5.16. The van der Waals surface area contributed by atoms with E-state index in [1.807, 2.05) is 6.92 Å². The summed E-state index contributed by atoms with van der Waals surface area (Å²) < 4.78 is 69.9. The highest BCUT2D eigenvalue weighted by Crippen LogP contribution is 2.52. The summed E-state index contributed by atoms with van der Waals surface area (Å²) in [7, 11) is -5.60. The van der Waals surface area contributed by atoms with Crippen molar-refractivity contribution in [2.45, 2.75) is 44.2 Å². The van der Waals surface area contributed by atoms with Crippen molar-refractivity contribution >= 4 is 10.1 Å². The molecule has 0 aliphatic heterocycles. The van der Waals surface area contributed by atoms with Crippen molar-refractivity contribution in [3.8, 4) is 0 Å². The van der Waals surface area contributed by atoms with Gasteiger partial charge in [0.15, 0.2) is 0 Å². The van der Waals surface area contributed by atoms with Crippen LogP contribution in [0.3, 0.4) is 0 Å². The lowest BCUT2D eigenvalue weighted by Gasteiger charge is -2.37. The molecule has 0 aromatic carbocycles. The van der Waals surface area contributed by atoms with Crippen LogP contribution in [0.15, 0.2) is 11.8 Å². The predicted octanol–water partition coefficient (Wildman–Crippen LogP) is 2.31. The second kappa shape index (κ2) is 4.37. The van der Waals surface area contributed by atoms with Crippen molar-refractivity contribution < 1.29 is 30.9 Å². The Hall–Kier alpha value is -0.760. The monoisotopic (exact) mass is 302 g/mol. The molecule has 0 bridgehead atoms. The van der Waals surface area contributed by atoms with Gasteiger partial charge in [-0.3, -0.25) is 0 Å². The van der Waals surface area contributed by atoms with E-state index in [0.29, 0.717) is 19.3 Å². The van der Waals surface area contributed by atoms with Crippen molar-refractivity contribution in [2.24, 2.45) is 11.3 Å². The first-order valence-electron chi connectivity index (χ1n) is 6.33. The summed E-state index contributed by atoms with van der Waals surface area (Å²) in [4.78, 5) is 0. The number of allylic oxidation sites excluding steroid dienone is 2. The molecule has 0 saturated heterocycles. The van der Waals surface area contributed by atoms with Gasteiger partial charge in [0.25, 0.3) is 0 Å². The first kappa shape index (κ1) is 13.2. The van der Waals surface area contributed by atoms with Crippen LogP contribution < -0.4 is 0 Å². The van der Waals surface area contributed by atoms with Gasteiger partial charge in [-0.05, 0) is 31.3 Å². The predicted molar refractivity (Wildman–Crippen MR) is 60.2 cm³/mol. The topological polar surface area (TPSA) is 63.6 Å². The van der Waals surface area contributed by atoms with Gasteiger partial charge >= 0.3 is 15.6 Å². The molecular formula is C11H15F3O4S. The van der Waals surface area contributed by atoms with Gasteiger partial charge in [0.2, 0.25) is 1.43 Å². The number of fused-ring (bicyclic) bond motifs is 1. The van der Waals surface area contributed by atoms with Gasteiger partial charge < -0.3 is 9.29 Å². The highest BCUT2D eigenvalue weighted by Gasteiger charge is 2.51. The van der Waals surface area contributed by atoms with E-state index in [1.165, 1.54) is 6.08 Å². The Morgan fingerprint density at radius 1 is 1.53 bits per heavy atom. The summed E-state index contributed by atoms with van der Waals surface area (Å²) in [6.07, 6.45) is 2.83. The smallest absolute Gasteiger partial charge is 0.393 e. The fourth-order valence-electron chi connectivity index (χ4n) is 2.82. The fraction of sp³-hybridized carbons (Fsp3) is 0.818. The molecular weight excluding hydrogens is 285 g/mol. The van der Waals surface area contributed by atoms with E-state index in [-0.39, 0.29) is 29.6 Å². The zero-order valence-corrected chi connectivity index (χ0v) is 11.1. The highest BCUT2D eigenvalue weighted by atomic mass is 32.2. The van der Waals surface area contributed by atoms with Crippen molar-refractivity contribution in [3.05, 3.63) is 11.8 Å². The van der Waals surface area contributed by atoms with Crippen LogP contribution in [0.5, 0.6) is 0 Å². The Labute approximate surface area is 110 Å². The maximum absolute atomic E-state index is 12.3. The molecule has 0 amide bonds. The summed E-state index contributed by atoms with van der Waals surface area (Å²) >= 11 is 0. The van der Waals surface area contributed by atoms with Crippen molar-refractivity contribution in [3.63, 3.8) is 0 Å². The maximum Gasteiger partial charge on any atom is 0.534 e. The summed E-state index contributed by atoms with van der Waals surface area (Å²) in [5, 5.41) is 4.66. The van der Waals surface area contributed by atoms with E-state index >= 15 is 0 Å². The number of aliphatic hydroxyl groups is 1. The number of halogens is 3. The summed E-state index contributed by atoms with van der Waals surface area (Å²) in [5.41, 5.74) is -5.77. The molecule has 1 unspecified atom stereocenters. The van der Waals surface area contributed by atoms with Crippen molar-refractivity contribution in [1.29, 1.82) is 1.43 Å². The lowest BCUT2D eigenvalue weighted by molar-refractivity contribution is -0.0529. The minimum Gasteiger partial charge on any atom is -0.393 e. The molecule has 0 heterocycles. The Morgan fingerprint density at radius 3 is 2.79 bits per heavy atom. The normalized spacial score (nSPS) is 36.4. The van der Waals surface area contributed by atoms with E-state index in [9.17, 15) is 21.6 Å². The minimum atomic E-state index is -5.60. The Kier molecular flexibility index (Phi) is 3.05. The van der Waals surface area contributed by atoms with E-state index < -0.39 is 15.6 Å². The van der Waals surface area contributed by atoms with Gasteiger partial charge in [-0.1, -0.05) is 6.92 Å². The molecule has 110 valence electrons. The van der Waals surface area contributed by atoms with E-state index in [1.54, 1.807) is 0 Å². The molecule has 19 heavy (non-hydrogen) atoms. The van der Waals surface area contributed by atoms with Gasteiger partial charge in [0, 0.05) is 11.8 Å². The molecule has 2 rings (SSSR count). The third-order valence-electron chi connectivity index (χ3n) is 4.16. The molecule has 2 aliphatic rings. The molecule has 1 N–H and O–H groups in total. The zero-order valence-electron chi connectivity index (χ0n) is 11.2. The molecule has 0 aromatic rings. The highest BCUT2D eigenvalue weighted by molar-refractivity contribution is 7.87. The van der Waals surface area contributed by atoms with E-state index in [4.69, 9.17) is 1.43 Å². The Balaban J connectivity index is 2.14. The first-order valence-corrected chi connectivity index (χ1v) is 7.33. The second-order valence-electron chi connectivity index (χ2n) is 5.33. The maximum atomic E-state index is 12.3. The molecule has 8 heteroatoms. The average Bonchev–Trinajstić information content (AvgIpc) is 2.64. The van der Waals surface area contributed by atoms with E-state index in [0.717, 1.165) is 0 Å². The fourth-order valence-corrected chi connectivity index (χ4v) is 3.34. The summed E-state index contributed by atoms with van der Waals surface area (Å²) in [6.45, 7) is 1.90. The Bertz CT molecular complexity index is 516. The molecule has 4 nitrogen and oxygen atoms in total. The van der Waals surface area contributed by atoms with Gasteiger partial charge in [0.1, 0.15) is 5.76 Å². The van der Waals surface area contributed by atoms with Gasteiger partial charge in [-0.15, -0.1) is 0 Å². The summed E-state index contributed by atoms with van der Waals surface area (Å²) in [6, 6.07) is 0. The number of alkyl halides is 3. The molecule has 0 spiro atoms. The van der Waals surface area contributed by atoms with Crippen LogP contribution >= 0.6 is 0 Å². The molecule has 0 aromatic heterocycles. The number of hydrogen-bond acceptors (Lipinski definition) is 4. The molecule has 1 saturated carbocycles. The zero-order chi connectivity index (χ0) is 15.2. The van der Waals surface area contributed by atoms with Crippen LogP contribution in [0, 0.1) is 11.3 Å². The Morgan fingerprint density at radius 2 is 2.21 bits per heavy atom. The van der Waals surface area contributed by atoms with Gasteiger partial charge in [-0.25, -0.2) is 0 Å². The quantitative estimate of drug-likeness (QED) is 0.642. The average molecular weight is 302 g/mol. The number of aliphatic hydroxyl groups excluding tert-OH is 1. The molecule has 1 fully saturated rings. The lowest BCUT2D eigenvalue weighted by atomic mass is 9.71. The number of rotatable bonds is 3. The molecule has 0 radical (unpaired) electrons. The van der Waals surface area contributed by atoms with Crippen LogP contribution in [0.2, 0.25) is 0 Å². The first-order chi connectivity index (χ1) is 9.10. The van der Waals surface area contributed by atoms with Crippen LogP contribution in [0.4, 0.5) is 13.2 Å². The summed E-state index contributed by atoms with van der Waals surface area (Å²) in [5.74, 6) is -0.211. The molecule has 2 aliphatic carbocycles. The molecule has 3 atom stereocenters. The van der Waals surface area contributed by atoms with Crippen molar-refractivity contribution in [1.82, 2.24) is 0 Å². The van der Waals surface area contributed by atoms with E-state index in [2.05, 4.69) is 9.29 Å². The van der Waals surface area contributed by atoms with Crippen LogP contribution in [0.1, 0.15) is 32.6 Å². The van der Waals surface area contributed by atoms with Gasteiger partial charge in [-0.2, -0.15) is 21.6 Å².